The van der Waals surface area contributed by atoms with Gasteiger partial charge in [0.25, 0.3) is 0 Å². The van der Waals surface area contributed by atoms with E-state index in [-0.39, 0.29) is 11.3 Å². The van der Waals surface area contributed by atoms with E-state index in [1.54, 1.807) is 4.90 Å². The summed E-state index contributed by atoms with van der Waals surface area (Å²) in [6.07, 6.45) is 5.19. The molecule has 22 heavy (non-hydrogen) atoms. The maximum atomic E-state index is 12.6. The molecular formula is C18H22N2O2. The molecule has 0 aromatic heterocycles. The number of fused-ring (bicyclic) bond motifs is 3. The highest BCUT2D eigenvalue weighted by Crippen LogP contribution is 2.56. The fourth-order valence-electron chi connectivity index (χ4n) is 4.63. The van der Waals surface area contributed by atoms with Crippen LogP contribution in [0.25, 0.3) is 0 Å². The van der Waals surface area contributed by atoms with Crippen LogP contribution in [0.1, 0.15) is 51.0 Å². The molecule has 0 saturated carbocycles. The van der Waals surface area contributed by atoms with Crippen LogP contribution in [-0.4, -0.2) is 29.0 Å². The van der Waals surface area contributed by atoms with Gasteiger partial charge < -0.3 is 5.11 Å². The molecular weight excluding hydrogens is 276 g/mol. The molecule has 0 bridgehead atoms. The second-order valence-corrected chi connectivity index (χ2v) is 6.74. The number of nitrogens with zero attached hydrogens (tertiary/aromatic N) is 2. The van der Waals surface area contributed by atoms with E-state index in [2.05, 4.69) is 6.92 Å². The third-order valence-corrected chi connectivity index (χ3v) is 5.87. The van der Waals surface area contributed by atoms with Gasteiger partial charge in [0.2, 0.25) is 5.91 Å². The highest BCUT2D eigenvalue weighted by Gasteiger charge is 2.64. The van der Waals surface area contributed by atoms with Gasteiger partial charge in [-0.1, -0.05) is 31.5 Å². The van der Waals surface area contributed by atoms with Gasteiger partial charge in [0, 0.05) is 23.9 Å². The fraction of sp³-hybridized carbons (Fsp3) is 0.556. The zero-order chi connectivity index (χ0) is 15.4. The average Bonchev–Trinajstić information content (AvgIpc) is 2.78. The molecule has 1 fully saturated rings. The molecule has 1 aromatic carbocycles. The lowest BCUT2D eigenvalue weighted by Crippen LogP contribution is -2.67. The third-order valence-electron chi connectivity index (χ3n) is 5.87. The first-order valence-electron chi connectivity index (χ1n) is 8.34. The Hall–Kier alpha value is -1.68. The first-order chi connectivity index (χ1) is 10.6. The second kappa shape index (κ2) is 4.66. The number of aliphatic imine (C=N–C) groups is 1. The molecule has 1 aromatic rings. The number of benzene rings is 1. The monoisotopic (exact) mass is 298 g/mol. The van der Waals surface area contributed by atoms with E-state index >= 15 is 0 Å². The normalized spacial score (nSPS) is 33.6. The summed E-state index contributed by atoms with van der Waals surface area (Å²) in [6.45, 7) is 2.86. The molecule has 1 N–H and O–H groups in total. The van der Waals surface area contributed by atoms with Crippen molar-refractivity contribution in [1.29, 1.82) is 0 Å². The number of carbonyl (C=O) groups is 1. The summed E-state index contributed by atoms with van der Waals surface area (Å²) in [5.74, 6) is 0.0183. The number of amides is 1. The van der Waals surface area contributed by atoms with Gasteiger partial charge in [0.15, 0.2) is 5.72 Å². The molecule has 4 rings (SSSR count). The van der Waals surface area contributed by atoms with Gasteiger partial charge in [-0.2, -0.15) is 0 Å². The SMILES string of the molecule is CC[C@@]12CCCCN=C3c4ccccc4N(C(=O)CC1)[C@@]32O. The molecule has 116 valence electrons. The average molecular weight is 298 g/mol. The van der Waals surface area contributed by atoms with Gasteiger partial charge in [-0.3, -0.25) is 14.7 Å². The smallest absolute Gasteiger partial charge is 0.229 e. The molecule has 0 aliphatic carbocycles. The molecule has 0 spiro atoms. The maximum Gasteiger partial charge on any atom is 0.229 e. The van der Waals surface area contributed by atoms with Crippen LogP contribution in [0.2, 0.25) is 0 Å². The molecule has 4 nitrogen and oxygen atoms in total. The number of aliphatic hydroxyl groups is 1. The summed E-state index contributed by atoms with van der Waals surface area (Å²) in [7, 11) is 0. The Morgan fingerprint density at radius 3 is 2.91 bits per heavy atom. The van der Waals surface area contributed by atoms with Gasteiger partial charge in [0.05, 0.1) is 11.4 Å². The molecule has 3 aliphatic rings. The van der Waals surface area contributed by atoms with Gasteiger partial charge in [-0.05, 0) is 31.7 Å². The van der Waals surface area contributed by atoms with Crippen molar-refractivity contribution >= 4 is 17.3 Å². The van der Waals surface area contributed by atoms with Gasteiger partial charge in [-0.25, -0.2) is 0 Å². The Morgan fingerprint density at radius 1 is 1.27 bits per heavy atom. The van der Waals surface area contributed by atoms with Crippen molar-refractivity contribution in [2.45, 2.75) is 51.2 Å². The first kappa shape index (κ1) is 13.9. The number of anilines is 1. The molecule has 0 unspecified atom stereocenters. The predicted molar refractivity (Wildman–Crippen MR) is 86.1 cm³/mol. The maximum absolute atomic E-state index is 12.6. The Balaban J connectivity index is 2.02. The largest absolute Gasteiger partial charge is 0.365 e. The zero-order valence-electron chi connectivity index (χ0n) is 13.0. The molecule has 1 saturated heterocycles. The van der Waals surface area contributed by atoms with Crippen molar-refractivity contribution in [2.24, 2.45) is 10.4 Å². The van der Waals surface area contributed by atoms with Crippen LogP contribution in [0.4, 0.5) is 5.69 Å². The fourth-order valence-corrected chi connectivity index (χ4v) is 4.63. The Morgan fingerprint density at radius 2 is 2.09 bits per heavy atom. The van der Waals surface area contributed by atoms with Gasteiger partial charge in [-0.15, -0.1) is 0 Å². The number of para-hydroxylation sites is 1. The Kier molecular flexibility index (Phi) is 2.95. The van der Waals surface area contributed by atoms with Gasteiger partial charge in [0.1, 0.15) is 0 Å². The number of piperidine rings is 1. The highest BCUT2D eigenvalue weighted by atomic mass is 16.3. The van der Waals surface area contributed by atoms with E-state index in [1.165, 1.54) is 0 Å². The molecule has 0 radical (unpaired) electrons. The molecule has 3 heterocycles. The van der Waals surface area contributed by atoms with Crippen molar-refractivity contribution < 1.29 is 9.90 Å². The number of carbonyl (C=O) groups excluding carboxylic acids is 1. The lowest BCUT2D eigenvalue weighted by molar-refractivity contribution is -0.134. The van der Waals surface area contributed by atoms with Crippen molar-refractivity contribution in [3.05, 3.63) is 29.8 Å². The predicted octanol–water partition coefficient (Wildman–Crippen LogP) is 2.89. The lowest BCUT2D eigenvalue weighted by atomic mass is 9.64. The molecule has 4 heteroatoms. The van der Waals surface area contributed by atoms with Crippen LogP contribution in [-0.2, 0) is 4.79 Å². The van der Waals surface area contributed by atoms with Crippen molar-refractivity contribution in [3.8, 4) is 0 Å². The minimum absolute atomic E-state index is 0.0183. The zero-order valence-corrected chi connectivity index (χ0v) is 13.0. The van der Waals surface area contributed by atoms with Crippen molar-refractivity contribution in [2.75, 3.05) is 11.4 Å². The van der Waals surface area contributed by atoms with E-state index < -0.39 is 5.72 Å². The summed E-state index contributed by atoms with van der Waals surface area (Å²) in [4.78, 5) is 19.0. The summed E-state index contributed by atoms with van der Waals surface area (Å²) >= 11 is 0. The van der Waals surface area contributed by atoms with Gasteiger partial charge >= 0.3 is 0 Å². The van der Waals surface area contributed by atoms with Crippen molar-refractivity contribution in [3.63, 3.8) is 0 Å². The summed E-state index contributed by atoms with van der Waals surface area (Å²) in [5, 5.41) is 11.8. The van der Waals surface area contributed by atoms with E-state index in [0.29, 0.717) is 6.42 Å². The highest BCUT2D eigenvalue weighted by molar-refractivity contribution is 6.23. The minimum Gasteiger partial charge on any atom is -0.365 e. The molecule has 1 amide bonds. The van der Waals surface area contributed by atoms with Crippen LogP contribution in [0.15, 0.2) is 29.3 Å². The van der Waals surface area contributed by atoms with Crippen LogP contribution < -0.4 is 4.90 Å². The van der Waals surface area contributed by atoms with E-state index in [1.807, 2.05) is 24.3 Å². The third kappa shape index (κ3) is 1.51. The molecule has 3 aliphatic heterocycles. The lowest BCUT2D eigenvalue weighted by Gasteiger charge is -2.53. The van der Waals surface area contributed by atoms with Crippen LogP contribution in [0.5, 0.6) is 0 Å². The Labute approximate surface area is 130 Å². The topological polar surface area (TPSA) is 52.9 Å². The van der Waals surface area contributed by atoms with E-state index in [0.717, 1.165) is 55.6 Å². The number of rotatable bonds is 1. The quantitative estimate of drug-likeness (QED) is 0.866. The van der Waals surface area contributed by atoms with Crippen LogP contribution >= 0.6 is 0 Å². The number of hydrogen-bond donors (Lipinski definition) is 1. The minimum atomic E-state index is -1.26. The van der Waals surface area contributed by atoms with E-state index in [9.17, 15) is 9.90 Å². The summed E-state index contributed by atoms with van der Waals surface area (Å²) in [6, 6.07) is 7.81. The Bertz CT molecular complexity index is 669. The number of hydrogen-bond acceptors (Lipinski definition) is 3. The first-order valence-corrected chi connectivity index (χ1v) is 8.34. The summed E-state index contributed by atoms with van der Waals surface area (Å²) in [5.41, 5.74) is 0.936. The standard InChI is InChI=1S/C18H22N2O2/c1-2-17-10-5-6-12-19-16-13-7-3-4-8-14(13)20(18(16,17)22)15(21)9-11-17/h3-4,7-8,22H,2,5-6,9-12H2,1H3/t17-,18-/m1/s1. The summed E-state index contributed by atoms with van der Waals surface area (Å²) < 4.78 is 0. The second-order valence-electron chi connectivity index (χ2n) is 6.74. The van der Waals surface area contributed by atoms with Crippen LogP contribution in [0.3, 0.4) is 0 Å². The van der Waals surface area contributed by atoms with E-state index in [4.69, 9.17) is 4.99 Å². The molecule has 2 atom stereocenters. The van der Waals surface area contributed by atoms with Crippen LogP contribution in [0, 0.1) is 5.41 Å². The van der Waals surface area contributed by atoms with Crippen molar-refractivity contribution in [1.82, 2.24) is 0 Å².